The predicted octanol–water partition coefficient (Wildman–Crippen LogP) is 2.55. The van der Waals surface area contributed by atoms with E-state index in [1.165, 1.54) is 41.5 Å². The van der Waals surface area contributed by atoms with Crippen molar-refractivity contribution in [3.05, 3.63) is 28.2 Å². The van der Waals surface area contributed by atoms with E-state index in [9.17, 15) is 0 Å². The van der Waals surface area contributed by atoms with E-state index >= 15 is 0 Å². The minimum absolute atomic E-state index is 0.646. The maximum Gasteiger partial charge on any atom is 0.0413 e. The molecule has 3 rings (SSSR count). The van der Waals surface area contributed by atoms with Crippen molar-refractivity contribution in [1.82, 2.24) is 0 Å². The minimum Gasteiger partial charge on any atom is -0.368 e. The second-order valence-corrected chi connectivity index (χ2v) is 5.69. The van der Waals surface area contributed by atoms with Gasteiger partial charge in [-0.05, 0) is 49.4 Å². The third kappa shape index (κ3) is 1.49. The number of hydrogen-bond acceptors (Lipinski definition) is 2. The lowest BCUT2D eigenvalue weighted by molar-refractivity contribution is 0.339. The largest absolute Gasteiger partial charge is 0.368 e. The van der Waals surface area contributed by atoms with E-state index in [4.69, 9.17) is 5.73 Å². The van der Waals surface area contributed by atoms with Gasteiger partial charge < -0.3 is 10.6 Å². The van der Waals surface area contributed by atoms with Gasteiger partial charge in [0.2, 0.25) is 0 Å². The zero-order valence-electron chi connectivity index (χ0n) is 9.32. The number of piperidine rings is 1. The van der Waals surface area contributed by atoms with Crippen molar-refractivity contribution in [2.75, 3.05) is 18.0 Å². The number of benzene rings is 1. The minimum atomic E-state index is 0.646. The summed E-state index contributed by atoms with van der Waals surface area (Å²) in [5, 5.41) is 0. The summed E-state index contributed by atoms with van der Waals surface area (Å²) in [4.78, 5) is 2.57. The Morgan fingerprint density at radius 1 is 1.44 bits per heavy atom. The van der Waals surface area contributed by atoms with Crippen LogP contribution in [0.4, 0.5) is 5.69 Å². The molecule has 0 spiro atoms. The van der Waals surface area contributed by atoms with Crippen LogP contribution in [0, 0.1) is 5.92 Å². The summed E-state index contributed by atoms with van der Waals surface area (Å²) < 4.78 is 1.26. The molecular formula is C13H17BrN2. The molecule has 86 valence electrons. The monoisotopic (exact) mass is 280 g/mol. The van der Waals surface area contributed by atoms with Crippen LogP contribution < -0.4 is 10.6 Å². The Morgan fingerprint density at radius 2 is 2.31 bits per heavy atom. The molecule has 2 aliphatic rings. The average Bonchev–Trinajstić information content (AvgIpc) is 2.69. The first kappa shape index (κ1) is 10.6. The lowest BCUT2D eigenvalue weighted by atomic mass is 9.89. The third-order valence-electron chi connectivity index (χ3n) is 4.04. The van der Waals surface area contributed by atoms with Crippen molar-refractivity contribution in [2.24, 2.45) is 11.7 Å². The summed E-state index contributed by atoms with van der Waals surface area (Å²) in [7, 11) is 0. The first-order chi connectivity index (χ1) is 7.81. The molecule has 1 fully saturated rings. The fourth-order valence-electron chi connectivity index (χ4n) is 3.21. The molecule has 0 saturated carbocycles. The molecule has 1 aromatic rings. The molecule has 0 aliphatic carbocycles. The number of nitrogens with two attached hydrogens (primary N) is 1. The number of nitrogens with zero attached hydrogens (tertiary/aromatic N) is 1. The molecule has 2 heterocycles. The zero-order chi connectivity index (χ0) is 11.1. The zero-order valence-corrected chi connectivity index (χ0v) is 10.9. The molecule has 1 aromatic carbocycles. The van der Waals surface area contributed by atoms with Crippen molar-refractivity contribution >= 4 is 21.6 Å². The van der Waals surface area contributed by atoms with E-state index in [1.54, 1.807) is 0 Å². The highest BCUT2D eigenvalue weighted by Crippen LogP contribution is 2.41. The van der Waals surface area contributed by atoms with E-state index in [0.29, 0.717) is 12.0 Å². The van der Waals surface area contributed by atoms with Crippen LogP contribution >= 0.6 is 15.9 Å². The van der Waals surface area contributed by atoms with E-state index in [2.05, 4.69) is 39.0 Å². The summed E-state index contributed by atoms with van der Waals surface area (Å²) in [6, 6.07) is 7.18. The van der Waals surface area contributed by atoms with Crippen LogP contribution in [0.1, 0.15) is 18.4 Å². The van der Waals surface area contributed by atoms with Crippen molar-refractivity contribution < 1.29 is 0 Å². The summed E-state index contributed by atoms with van der Waals surface area (Å²) in [5.41, 5.74) is 8.80. The topological polar surface area (TPSA) is 29.3 Å². The van der Waals surface area contributed by atoms with Crippen LogP contribution in [0.15, 0.2) is 22.7 Å². The highest BCUT2D eigenvalue weighted by atomic mass is 79.9. The standard InChI is InChI=1S/C13H17BrN2/c14-11-4-1-5-12-10(11)7-13-9(8-15)3-2-6-16(12)13/h1,4-5,9,13H,2-3,6-8,15H2. The fourth-order valence-corrected chi connectivity index (χ4v) is 3.73. The van der Waals surface area contributed by atoms with Gasteiger partial charge in [0.05, 0.1) is 0 Å². The second-order valence-electron chi connectivity index (χ2n) is 4.84. The Bertz CT molecular complexity index is 405. The molecule has 0 amide bonds. The fraction of sp³-hybridized carbons (Fsp3) is 0.538. The normalized spacial score (nSPS) is 27.8. The van der Waals surface area contributed by atoms with Crippen LogP contribution in [0.2, 0.25) is 0 Å². The Morgan fingerprint density at radius 3 is 3.12 bits per heavy atom. The molecule has 2 atom stereocenters. The maximum atomic E-state index is 5.89. The van der Waals surface area contributed by atoms with E-state index in [-0.39, 0.29) is 0 Å². The molecule has 0 radical (unpaired) electrons. The first-order valence-electron chi connectivity index (χ1n) is 6.05. The van der Waals surface area contributed by atoms with Crippen molar-refractivity contribution in [3.63, 3.8) is 0 Å². The molecule has 2 N–H and O–H groups in total. The van der Waals surface area contributed by atoms with Gasteiger partial charge in [0.25, 0.3) is 0 Å². The highest BCUT2D eigenvalue weighted by molar-refractivity contribution is 9.10. The third-order valence-corrected chi connectivity index (χ3v) is 4.78. The Labute approximate surface area is 105 Å². The first-order valence-corrected chi connectivity index (χ1v) is 6.84. The summed E-state index contributed by atoms with van der Waals surface area (Å²) in [6.07, 6.45) is 3.74. The molecule has 0 aromatic heterocycles. The number of fused-ring (bicyclic) bond motifs is 3. The molecule has 0 bridgehead atoms. The van der Waals surface area contributed by atoms with Gasteiger partial charge in [-0.15, -0.1) is 0 Å². The maximum absolute atomic E-state index is 5.89. The van der Waals surface area contributed by atoms with Crippen LogP contribution in [-0.2, 0) is 6.42 Å². The predicted molar refractivity (Wildman–Crippen MR) is 70.8 cm³/mol. The number of rotatable bonds is 1. The SMILES string of the molecule is NCC1CCCN2c3cccc(Br)c3CC12. The van der Waals surface area contributed by atoms with Gasteiger partial charge in [0.1, 0.15) is 0 Å². The number of halogens is 1. The molecular weight excluding hydrogens is 264 g/mol. The number of anilines is 1. The Kier molecular flexibility index (Phi) is 2.68. The van der Waals surface area contributed by atoms with Gasteiger partial charge >= 0.3 is 0 Å². The lowest BCUT2D eigenvalue weighted by Gasteiger charge is -2.38. The molecule has 2 nitrogen and oxygen atoms in total. The summed E-state index contributed by atoms with van der Waals surface area (Å²) in [6.45, 7) is 2.03. The summed E-state index contributed by atoms with van der Waals surface area (Å²) >= 11 is 3.66. The Hall–Kier alpha value is -0.540. The Balaban J connectivity index is 1.99. The quantitative estimate of drug-likeness (QED) is 0.857. The van der Waals surface area contributed by atoms with Crippen molar-refractivity contribution in [2.45, 2.75) is 25.3 Å². The van der Waals surface area contributed by atoms with Gasteiger partial charge in [-0.25, -0.2) is 0 Å². The van der Waals surface area contributed by atoms with Crippen LogP contribution in [0.25, 0.3) is 0 Å². The van der Waals surface area contributed by atoms with Crippen molar-refractivity contribution in [3.8, 4) is 0 Å². The number of hydrogen-bond donors (Lipinski definition) is 1. The molecule has 16 heavy (non-hydrogen) atoms. The van der Waals surface area contributed by atoms with E-state index in [1.807, 2.05) is 0 Å². The molecule has 3 heteroatoms. The van der Waals surface area contributed by atoms with Crippen LogP contribution in [0.3, 0.4) is 0 Å². The second kappa shape index (κ2) is 4.04. The lowest BCUT2D eigenvalue weighted by Crippen LogP contribution is -2.45. The van der Waals surface area contributed by atoms with Gasteiger partial charge in [-0.2, -0.15) is 0 Å². The smallest absolute Gasteiger partial charge is 0.0413 e. The van der Waals surface area contributed by atoms with Crippen molar-refractivity contribution in [1.29, 1.82) is 0 Å². The molecule has 2 aliphatic heterocycles. The van der Waals surface area contributed by atoms with Crippen LogP contribution in [-0.4, -0.2) is 19.1 Å². The molecule has 1 saturated heterocycles. The van der Waals surface area contributed by atoms with E-state index < -0.39 is 0 Å². The van der Waals surface area contributed by atoms with E-state index in [0.717, 1.165) is 6.54 Å². The van der Waals surface area contributed by atoms with Gasteiger partial charge in [-0.1, -0.05) is 22.0 Å². The molecule has 2 unspecified atom stereocenters. The van der Waals surface area contributed by atoms with Crippen LogP contribution in [0.5, 0.6) is 0 Å². The summed E-state index contributed by atoms with van der Waals surface area (Å²) in [5.74, 6) is 0.674. The van der Waals surface area contributed by atoms with Gasteiger partial charge in [0.15, 0.2) is 0 Å². The van der Waals surface area contributed by atoms with Gasteiger partial charge in [-0.3, -0.25) is 0 Å². The highest BCUT2D eigenvalue weighted by Gasteiger charge is 2.37. The van der Waals surface area contributed by atoms with Gasteiger partial charge in [0, 0.05) is 22.7 Å². The average molecular weight is 281 g/mol.